The molecule has 4 aromatic rings. The summed E-state index contributed by atoms with van der Waals surface area (Å²) in [4.78, 5) is 44.9. The van der Waals surface area contributed by atoms with Gasteiger partial charge in [0.15, 0.2) is 5.65 Å². The predicted octanol–water partition coefficient (Wildman–Crippen LogP) is 2.10. The molecule has 0 unspecified atom stereocenters. The first kappa shape index (κ1) is 19.9. The van der Waals surface area contributed by atoms with E-state index in [-0.39, 0.29) is 28.4 Å². The molecule has 1 amide bonds. The number of carbonyl (C=O) groups excluding carboxylic acids is 1. The first-order valence-electron chi connectivity index (χ1n) is 10.6. The van der Waals surface area contributed by atoms with Crippen molar-refractivity contribution in [2.45, 2.75) is 38.8 Å². The van der Waals surface area contributed by atoms with Crippen LogP contribution in [-0.4, -0.2) is 30.2 Å². The van der Waals surface area contributed by atoms with E-state index in [1.165, 1.54) is 4.57 Å². The molecule has 0 radical (unpaired) electrons. The molecule has 0 aliphatic heterocycles. The molecular weight excluding hydrogens is 408 g/mol. The van der Waals surface area contributed by atoms with Crippen LogP contribution in [0.5, 0.6) is 0 Å². The Morgan fingerprint density at radius 1 is 1.22 bits per heavy atom. The van der Waals surface area contributed by atoms with Crippen molar-refractivity contribution in [3.8, 4) is 5.69 Å². The molecule has 0 saturated heterocycles. The molecule has 1 fully saturated rings. The summed E-state index contributed by atoms with van der Waals surface area (Å²) in [5, 5.41) is 7.24. The Labute approximate surface area is 182 Å². The highest BCUT2D eigenvalue weighted by Crippen LogP contribution is 2.39. The van der Waals surface area contributed by atoms with Gasteiger partial charge in [-0.15, -0.1) is 0 Å². The molecule has 162 valence electrons. The second-order valence-electron chi connectivity index (χ2n) is 7.87. The van der Waals surface area contributed by atoms with E-state index in [9.17, 15) is 14.4 Å². The normalized spacial score (nSPS) is 13.4. The molecule has 2 N–H and O–H groups in total. The van der Waals surface area contributed by atoms with Crippen molar-refractivity contribution in [2.75, 3.05) is 0 Å². The zero-order valence-electron chi connectivity index (χ0n) is 17.5. The van der Waals surface area contributed by atoms with E-state index in [0.717, 1.165) is 29.8 Å². The Balaban J connectivity index is 1.46. The van der Waals surface area contributed by atoms with Crippen molar-refractivity contribution in [2.24, 2.45) is 0 Å². The molecular formula is C23H22N6O3. The smallest absolute Gasteiger partial charge is 0.329 e. The van der Waals surface area contributed by atoms with E-state index >= 15 is 0 Å². The van der Waals surface area contributed by atoms with Gasteiger partial charge in [-0.1, -0.05) is 12.1 Å². The molecule has 0 spiro atoms. The monoisotopic (exact) mass is 430 g/mol. The Hall–Kier alpha value is -4.01. The fourth-order valence-corrected chi connectivity index (χ4v) is 3.82. The van der Waals surface area contributed by atoms with Gasteiger partial charge in [-0.05, 0) is 49.6 Å². The summed E-state index contributed by atoms with van der Waals surface area (Å²) in [5.41, 5.74) is 1.97. The largest absolute Gasteiger partial charge is 0.348 e. The van der Waals surface area contributed by atoms with Crippen LogP contribution in [0.15, 0.2) is 58.4 Å². The lowest BCUT2D eigenvalue weighted by Crippen LogP contribution is -2.33. The summed E-state index contributed by atoms with van der Waals surface area (Å²) in [6.45, 7) is 2.44. The number of hydrogen-bond donors (Lipinski definition) is 2. The minimum atomic E-state index is -0.599. The summed E-state index contributed by atoms with van der Waals surface area (Å²) in [6, 6.07) is 11.2. The highest BCUT2D eigenvalue weighted by molar-refractivity contribution is 6.05. The Kier molecular flexibility index (Phi) is 4.93. The van der Waals surface area contributed by atoms with Crippen LogP contribution in [0.1, 0.15) is 47.3 Å². The summed E-state index contributed by atoms with van der Waals surface area (Å²) < 4.78 is 3.15. The summed E-state index contributed by atoms with van der Waals surface area (Å²) in [5.74, 6) is -0.109. The fourth-order valence-electron chi connectivity index (χ4n) is 3.82. The first-order chi connectivity index (χ1) is 15.5. The number of nitrogens with zero attached hydrogens (tertiary/aromatic N) is 4. The van der Waals surface area contributed by atoms with E-state index in [4.69, 9.17) is 0 Å². The average Bonchev–Trinajstić information content (AvgIpc) is 3.51. The van der Waals surface area contributed by atoms with Gasteiger partial charge in [0, 0.05) is 37.1 Å². The van der Waals surface area contributed by atoms with Gasteiger partial charge in [0.2, 0.25) is 0 Å². The Morgan fingerprint density at radius 2 is 2.00 bits per heavy atom. The molecule has 3 heterocycles. The number of rotatable bonds is 6. The van der Waals surface area contributed by atoms with Crippen molar-refractivity contribution in [1.82, 2.24) is 29.6 Å². The fraction of sp³-hybridized carbons (Fsp3) is 0.261. The molecule has 32 heavy (non-hydrogen) atoms. The number of pyridine rings is 1. The van der Waals surface area contributed by atoms with Crippen LogP contribution >= 0.6 is 0 Å². The first-order valence-corrected chi connectivity index (χ1v) is 10.6. The zero-order valence-corrected chi connectivity index (χ0v) is 17.5. The van der Waals surface area contributed by atoms with Gasteiger partial charge in [-0.2, -0.15) is 5.10 Å². The number of aryl methyl sites for hydroxylation is 1. The molecule has 0 bridgehead atoms. The molecule has 9 heteroatoms. The lowest BCUT2D eigenvalue weighted by Gasteiger charge is -2.13. The van der Waals surface area contributed by atoms with E-state index in [1.54, 1.807) is 23.9 Å². The second kappa shape index (κ2) is 7.92. The Morgan fingerprint density at radius 3 is 2.66 bits per heavy atom. The third-order valence-electron chi connectivity index (χ3n) is 5.68. The maximum absolute atomic E-state index is 13.1. The molecule has 5 rings (SSSR count). The standard InChI is InChI=1S/C23H22N6O3/c1-2-28-20-19(22(31)27-23(28)32)17(12-18(26-20)15-6-7-15)21(30)24-13-14-4-8-16(9-5-14)29-11-3-10-25-29/h3-5,8-12,15H,2,6-7,13H2,1H3,(H,24,30)(H,27,31,32). The number of amides is 1. The lowest BCUT2D eigenvalue weighted by atomic mass is 10.1. The molecule has 0 atom stereocenters. The predicted molar refractivity (Wildman–Crippen MR) is 119 cm³/mol. The van der Waals surface area contributed by atoms with Crippen LogP contribution in [0.3, 0.4) is 0 Å². The van der Waals surface area contributed by atoms with Crippen LogP contribution in [0.25, 0.3) is 16.7 Å². The summed E-state index contributed by atoms with van der Waals surface area (Å²) in [6.07, 6.45) is 5.54. The number of hydrogen-bond acceptors (Lipinski definition) is 5. The van der Waals surface area contributed by atoms with Crippen LogP contribution < -0.4 is 16.6 Å². The van der Waals surface area contributed by atoms with Gasteiger partial charge in [-0.25, -0.2) is 14.5 Å². The van der Waals surface area contributed by atoms with Gasteiger partial charge >= 0.3 is 5.69 Å². The third kappa shape index (κ3) is 3.62. The number of carbonyl (C=O) groups is 1. The van der Waals surface area contributed by atoms with Crippen molar-refractivity contribution in [3.63, 3.8) is 0 Å². The van der Waals surface area contributed by atoms with Crippen molar-refractivity contribution in [3.05, 3.63) is 86.5 Å². The van der Waals surface area contributed by atoms with Crippen molar-refractivity contribution < 1.29 is 4.79 Å². The quantitative estimate of drug-likeness (QED) is 0.486. The third-order valence-corrected chi connectivity index (χ3v) is 5.68. The summed E-state index contributed by atoms with van der Waals surface area (Å²) >= 11 is 0. The van der Waals surface area contributed by atoms with E-state index in [2.05, 4.69) is 20.4 Å². The second-order valence-corrected chi connectivity index (χ2v) is 7.87. The van der Waals surface area contributed by atoms with E-state index in [1.807, 2.05) is 36.5 Å². The van der Waals surface area contributed by atoms with Gasteiger partial charge in [0.05, 0.1) is 16.6 Å². The van der Waals surface area contributed by atoms with Crippen LogP contribution in [0.4, 0.5) is 0 Å². The van der Waals surface area contributed by atoms with Crippen LogP contribution in [-0.2, 0) is 13.1 Å². The number of aromatic amines is 1. The topological polar surface area (TPSA) is 115 Å². The van der Waals surface area contributed by atoms with Gasteiger partial charge in [0.25, 0.3) is 11.5 Å². The molecule has 1 aliphatic carbocycles. The SMILES string of the molecule is CCn1c(=O)[nH]c(=O)c2c(C(=O)NCc3ccc(-n4cccn4)cc3)cc(C3CC3)nc21. The van der Waals surface area contributed by atoms with Crippen LogP contribution in [0, 0.1) is 0 Å². The number of nitrogens with one attached hydrogen (secondary N) is 2. The molecule has 9 nitrogen and oxygen atoms in total. The minimum absolute atomic E-state index is 0.141. The van der Waals surface area contributed by atoms with Gasteiger partial charge < -0.3 is 5.32 Å². The molecule has 1 saturated carbocycles. The number of benzene rings is 1. The van der Waals surface area contributed by atoms with Gasteiger partial charge in [-0.3, -0.25) is 19.1 Å². The average molecular weight is 430 g/mol. The number of aromatic nitrogens is 5. The molecule has 1 aliphatic rings. The highest BCUT2D eigenvalue weighted by Gasteiger charge is 2.28. The number of H-pyrrole nitrogens is 1. The maximum atomic E-state index is 13.1. The van der Waals surface area contributed by atoms with Gasteiger partial charge in [0.1, 0.15) is 0 Å². The zero-order chi connectivity index (χ0) is 22.2. The van der Waals surface area contributed by atoms with Crippen molar-refractivity contribution in [1.29, 1.82) is 0 Å². The lowest BCUT2D eigenvalue weighted by molar-refractivity contribution is 0.0952. The van der Waals surface area contributed by atoms with Crippen molar-refractivity contribution >= 4 is 16.9 Å². The Bertz CT molecular complexity index is 1410. The van der Waals surface area contributed by atoms with E-state index < -0.39 is 11.2 Å². The van der Waals surface area contributed by atoms with Crippen LogP contribution in [0.2, 0.25) is 0 Å². The molecule has 1 aromatic carbocycles. The number of fused-ring (bicyclic) bond motifs is 1. The molecule has 3 aromatic heterocycles. The minimum Gasteiger partial charge on any atom is -0.348 e. The maximum Gasteiger partial charge on any atom is 0.329 e. The highest BCUT2D eigenvalue weighted by atomic mass is 16.2. The van der Waals surface area contributed by atoms with E-state index in [0.29, 0.717) is 13.1 Å². The summed E-state index contributed by atoms with van der Waals surface area (Å²) in [7, 11) is 0.